The van der Waals surface area contributed by atoms with Crippen LogP contribution in [-0.2, 0) is 11.1 Å². The summed E-state index contributed by atoms with van der Waals surface area (Å²) in [4.78, 5) is 17.7. The first-order valence-electron chi connectivity index (χ1n) is 10.5. The Balaban J connectivity index is 1.50. The molecule has 5 nitrogen and oxygen atoms in total. The van der Waals surface area contributed by atoms with E-state index < -0.39 is 16.9 Å². The van der Waals surface area contributed by atoms with Gasteiger partial charge in [-0.2, -0.15) is 0 Å². The standard InChI is InChI=1S/C23H27FN2O3S/c1-16-4-2-12-25(16)15-19-5-3-13-26(19)23(27)21-11-8-18(14-22(21)24)17-6-9-20(10-7-17)30(28)29/h6-11,14,16,19H,2-5,12-13,15H2,1H3,(H,28,29). The zero-order chi connectivity index (χ0) is 21.3. The molecular weight excluding hydrogens is 403 g/mol. The number of halogens is 1. The van der Waals surface area contributed by atoms with Gasteiger partial charge in [0.25, 0.3) is 5.91 Å². The van der Waals surface area contributed by atoms with Crippen LogP contribution < -0.4 is 0 Å². The summed E-state index contributed by atoms with van der Waals surface area (Å²) in [6, 6.07) is 11.8. The maximum atomic E-state index is 14.9. The van der Waals surface area contributed by atoms with Crippen molar-refractivity contribution in [2.45, 2.75) is 49.6 Å². The maximum Gasteiger partial charge on any atom is 0.257 e. The second-order valence-electron chi connectivity index (χ2n) is 8.25. The lowest BCUT2D eigenvalue weighted by molar-refractivity contribution is 0.0692. The Kier molecular flexibility index (Phi) is 6.32. The Bertz CT molecular complexity index is 950. The Hall–Kier alpha value is -2.09. The first-order chi connectivity index (χ1) is 14.4. The number of hydrogen-bond donors (Lipinski definition) is 1. The van der Waals surface area contributed by atoms with E-state index in [1.54, 1.807) is 24.3 Å². The van der Waals surface area contributed by atoms with Crippen LogP contribution in [0.15, 0.2) is 47.4 Å². The molecule has 2 aromatic rings. The summed E-state index contributed by atoms with van der Waals surface area (Å²) in [5.41, 5.74) is 1.46. The second kappa shape index (κ2) is 8.96. The third-order valence-corrected chi connectivity index (χ3v) is 7.04. The van der Waals surface area contributed by atoms with Crippen LogP contribution in [0.2, 0.25) is 0 Å². The van der Waals surface area contributed by atoms with Crippen LogP contribution in [0, 0.1) is 5.82 Å². The summed E-state index contributed by atoms with van der Waals surface area (Å²) in [6.07, 6.45) is 4.32. The van der Waals surface area contributed by atoms with E-state index in [1.807, 2.05) is 4.90 Å². The van der Waals surface area contributed by atoms with Crippen LogP contribution in [0.4, 0.5) is 4.39 Å². The molecule has 4 rings (SSSR count). The van der Waals surface area contributed by atoms with Gasteiger partial charge in [0.2, 0.25) is 0 Å². The summed E-state index contributed by atoms with van der Waals surface area (Å²) < 4.78 is 35.1. The van der Waals surface area contributed by atoms with Crippen molar-refractivity contribution in [1.29, 1.82) is 0 Å². The van der Waals surface area contributed by atoms with Crippen molar-refractivity contribution in [3.8, 4) is 11.1 Å². The maximum absolute atomic E-state index is 14.9. The molecule has 2 fully saturated rings. The summed E-state index contributed by atoms with van der Waals surface area (Å²) in [5.74, 6) is -0.771. The molecular formula is C23H27FN2O3S. The van der Waals surface area contributed by atoms with E-state index in [4.69, 9.17) is 4.55 Å². The van der Waals surface area contributed by atoms with E-state index in [1.165, 1.54) is 31.0 Å². The number of benzene rings is 2. The van der Waals surface area contributed by atoms with Crippen molar-refractivity contribution < 1.29 is 17.9 Å². The van der Waals surface area contributed by atoms with Crippen LogP contribution in [0.25, 0.3) is 11.1 Å². The number of carbonyl (C=O) groups is 1. The Labute approximate surface area is 179 Å². The summed E-state index contributed by atoms with van der Waals surface area (Å²) in [7, 11) is 0. The van der Waals surface area contributed by atoms with Crippen molar-refractivity contribution in [2.75, 3.05) is 19.6 Å². The molecule has 0 radical (unpaired) electrons. The number of likely N-dealkylation sites (tertiary alicyclic amines) is 2. The first-order valence-corrected chi connectivity index (χ1v) is 11.6. The Morgan fingerprint density at radius 2 is 1.80 bits per heavy atom. The highest BCUT2D eigenvalue weighted by Gasteiger charge is 2.33. The minimum atomic E-state index is -2.05. The molecule has 0 bridgehead atoms. The minimum Gasteiger partial charge on any atom is -0.334 e. The monoisotopic (exact) mass is 430 g/mol. The van der Waals surface area contributed by atoms with Crippen molar-refractivity contribution in [3.63, 3.8) is 0 Å². The van der Waals surface area contributed by atoms with Gasteiger partial charge < -0.3 is 9.45 Å². The van der Waals surface area contributed by atoms with Gasteiger partial charge in [0.15, 0.2) is 11.1 Å². The molecule has 3 atom stereocenters. The van der Waals surface area contributed by atoms with Gasteiger partial charge in [-0.3, -0.25) is 9.69 Å². The number of nitrogens with zero attached hydrogens (tertiary/aromatic N) is 2. The molecule has 2 aromatic carbocycles. The smallest absolute Gasteiger partial charge is 0.257 e. The third-order valence-electron chi connectivity index (χ3n) is 6.36. The highest BCUT2D eigenvalue weighted by molar-refractivity contribution is 7.79. The van der Waals surface area contributed by atoms with Crippen LogP contribution in [0.5, 0.6) is 0 Å². The number of rotatable bonds is 5. The van der Waals surface area contributed by atoms with Crippen molar-refractivity contribution >= 4 is 17.0 Å². The van der Waals surface area contributed by atoms with Crippen molar-refractivity contribution in [1.82, 2.24) is 9.80 Å². The zero-order valence-electron chi connectivity index (χ0n) is 17.1. The van der Waals surface area contributed by atoms with Gasteiger partial charge in [-0.15, -0.1) is 0 Å². The molecule has 30 heavy (non-hydrogen) atoms. The lowest BCUT2D eigenvalue weighted by Crippen LogP contribution is -2.44. The molecule has 3 unspecified atom stereocenters. The summed E-state index contributed by atoms with van der Waals surface area (Å²) in [6.45, 7) is 4.85. The Morgan fingerprint density at radius 1 is 1.10 bits per heavy atom. The molecule has 0 aromatic heterocycles. The molecule has 0 aliphatic carbocycles. The average Bonchev–Trinajstić information content (AvgIpc) is 3.37. The average molecular weight is 431 g/mol. The Morgan fingerprint density at radius 3 is 2.43 bits per heavy atom. The van der Waals surface area contributed by atoms with E-state index in [0.717, 1.165) is 31.5 Å². The zero-order valence-corrected chi connectivity index (χ0v) is 17.9. The molecule has 2 saturated heterocycles. The van der Waals surface area contributed by atoms with Gasteiger partial charge in [0.05, 0.1) is 10.5 Å². The van der Waals surface area contributed by atoms with E-state index in [2.05, 4.69) is 11.8 Å². The lowest BCUT2D eigenvalue weighted by Gasteiger charge is -2.31. The van der Waals surface area contributed by atoms with Crippen LogP contribution >= 0.6 is 0 Å². The van der Waals surface area contributed by atoms with Crippen molar-refractivity contribution in [2.24, 2.45) is 0 Å². The largest absolute Gasteiger partial charge is 0.334 e. The normalized spacial score (nSPS) is 23.1. The SMILES string of the molecule is CC1CCCN1CC1CCCN1C(=O)c1ccc(-c2ccc(S(=O)O)cc2)cc1F. The van der Waals surface area contributed by atoms with E-state index in [-0.39, 0.29) is 17.5 Å². The summed E-state index contributed by atoms with van der Waals surface area (Å²) in [5, 5.41) is 0. The highest BCUT2D eigenvalue weighted by atomic mass is 32.2. The molecule has 7 heteroatoms. The first kappa shape index (κ1) is 21.2. The van der Waals surface area contributed by atoms with Gasteiger partial charge >= 0.3 is 0 Å². The van der Waals surface area contributed by atoms with Crippen LogP contribution in [0.1, 0.15) is 43.0 Å². The lowest BCUT2D eigenvalue weighted by atomic mass is 10.0. The number of hydrogen-bond acceptors (Lipinski definition) is 3. The summed E-state index contributed by atoms with van der Waals surface area (Å²) >= 11 is -2.05. The van der Waals surface area contributed by atoms with Crippen LogP contribution in [-0.4, -0.2) is 56.2 Å². The molecule has 2 aliphatic rings. The molecule has 0 spiro atoms. The quantitative estimate of drug-likeness (QED) is 0.724. The second-order valence-corrected chi connectivity index (χ2v) is 9.22. The molecule has 2 aliphatic heterocycles. The highest BCUT2D eigenvalue weighted by Crippen LogP contribution is 2.27. The number of carbonyl (C=O) groups excluding carboxylic acids is 1. The van der Waals surface area contributed by atoms with Crippen molar-refractivity contribution in [3.05, 3.63) is 53.8 Å². The molecule has 1 N–H and O–H groups in total. The number of amides is 1. The molecule has 160 valence electrons. The molecule has 0 saturated carbocycles. The fraction of sp³-hybridized carbons (Fsp3) is 0.435. The third kappa shape index (κ3) is 4.33. The molecule has 1 amide bonds. The molecule has 2 heterocycles. The topological polar surface area (TPSA) is 60.9 Å². The van der Waals surface area contributed by atoms with E-state index in [0.29, 0.717) is 23.0 Å². The van der Waals surface area contributed by atoms with Gasteiger partial charge in [-0.25, -0.2) is 8.60 Å². The van der Waals surface area contributed by atoms with Gasteiger partial charge in [-0.05, 0) is 74.5 Å². The van der Waals surface area contributed by atoms with E-state index >= 15 is 0 Å². The van der Waals surface area contributed by atoms with Crippen LogP contribution in [0.3, 0.4) is 0 Å². The van der Waals surface area contributed by atoms with Gasteiger partial charge in [-0.1, -0.05) is 18.2 Å². The van der Waals surface area contributed by atoms with Gasteiger partial charge in [0, 0.05) is 25.2 Å². The van der Waals surface area contributed by atoms with E-state index in [9.17, 15) is 13.4 Å². The minimum absolute atomic E-state index is 0.105. The predicted molar refractivity (Wildman–Crippen MR) is 115 cm³/mol. The van der Waals surface area contributed by atoms with Gasteiger partial charge in [0.1, 0.15) is 5.82 Å². The fourth-order valence-electron chi connectivity index (χ4n) is 4.61. The fourth-order valence-corrected chi connectivity index (χ4v) is 4.98. The predicted octanol–water partition coefficient (Wildman–Crippen LogP) is 4.16.